The first-order valence-corrected chi connectivity index (χ1v) is 6.35. The molecule has 0 saturated heterocycles. The number of hydrogen-bond acceptors (Lipinski definition) is 4. The summed E-state index contributed by atoms with van der Waals surface area (Å²) < 4.78 is 1.78. The van der Waals surface area contributed by atoms with Crippen LogP contribution < -0.4 is 11.1 Å². The summed E-state index contributed by atoms with van der Waals surface area (Å²) in [4.78, 5) is 20.2. The van der Waals surface area contributed by atoms with E-state index in [1.807, 2.05) is 26.8 Å². The van der Waals surface area contributed by atoms with Gasteiger partial charge in [-0.3, -0.25) is 9.36 Å². The van der Waals surface area contributed by atoms with Gasteiger partial charge >= 0.3 is 0 Å². The molecule has 2 rings (SSSR count). The van der Waals surface area contributed by atoms with E-state index < -0.39 is 0 Å². The molecule has 0 fully saturated rings. The van der Waals surface area contributed by atoms with E-state index in [-0.39, 0.29) is 11.9 Å². The fourth-order valence-electron chi connectivity index (χ4n) is 1.98. The van der Waals surface area contributed by atoms with Crippen molar-refractivity contribution in [1.82, 2.24) is 19.9 Å². The molecule has 1 amide bonds. The molecule has 0 bridgehead atoms. The summed E-state index contributed by atoms with van der Waals surface area (Å²) in [7, 11) is 0. The van der Waals surface area contributed by atoms with E-state index in [0.717, 1.165) is 16.7 Å². The lowest BCUT2D eigenvalue weighted by Crippen LogP contribution is -2.30. The molecule has 6 heteroatoms. The Morgan fingerprint density at radius 1 is 1.53 bits per heavy atom. The number of nitrogen functional groups attached to an aromatic ring is 1. The van der Waals surface area contributed by atoms with Crippen LogP contribution in [0.25, 0.3) is 11.2 Å². The van der Waals surface area contributed by atoms with Crippen LogP contribution >= 0.6 is 0 Å². The third-order valence-corrected chi connectivity index (χ3v) is 2.88. The highest BCUT2D eigenvalue weighted by molar-refractivity contribution is 5.79. The van der Waals surface area contributed by atoms with Crippen molar-refractivity contribution in [2.24, 2.45) is 0 Å². The monoisotopic (exact) mass is 261 g/mol. The summed E-state index contributed by atoms with van der Waals surface area (Å²) in [5, 5.41) is 2.85. The molecule has 3 N–H and O–H groups in total. The molecule has 0 spiro atoms. The van der Waals surface area contributed by atoms with Crippen LogP contribution in [-0.4, -0.2) is 26.5 Å². The summed E-state index contributed by atoms with van der Waals surface area (Å²) in [6.07, 6.45) is 2.09. The van der Waals surface area contributed by atoms with Gasteiger partial charge in [-0.1, -0.05) is 0 Å². The summed E-state index contributed by atoms with van der Waals surface area (Å²) in [5.41, 5.74) is 8.45. The van der Waals surface area contributed by atoms with Crippen LogP contribution in [0, 0.1) is 6.92 Å². The highest BCUT2D eigenvalue weighted by Crippen LogP contribution is 2.18. The average Bonchev–Trinajstić information content (AvgIpc) is 2.63. The van der Waals surface area contributed by atoms with Gasteiger partial charge in [-0.15, -0.1) is 0 Å². The van der Waals surface area contributed by atoms with Crippen molar-refractivity contribution in [1.29, 1.82) is 0 Å². The van der Waals surface area contributed by atoms with Crippen LogP contribution in [0.4, 0.5) is 5.95 Å². The predicted molar refractivity (Wildman–Crippen MR) is 74.6 cm³/mol. The molecular formula is C13H19N5O. The Bertz CT molecular complexity index is 602. The van der Waals surface area contributed by atoms with Crippen LogP contribution in [0.2, 0.25) is 0 Å². The predicted octanol–water partition coefficient (Wildman–Crippen LogP) is 1.24. The van der Waals surface area contributed by atoms with Gasteiger partial charge in [0.2, 0.25) is 11.9 Å². The van der Waals surface area contributed by atoms with E-state index in [0.29, 0.717) is 18.9 Å². The first-order valence-electron chi connectivity index (χ1n) is 6.35. The summed E-state index contributed by atoms with van der Waals surface area (Å²) >= 11 is 0. The Hall–Kier alpha value is -2.11. The lowest BCUT2D eigenvalue weighted by Gasteiger charge is -2.09. The van der Waals surface area contributed by atoms with Gasteiger partial charge in [-0.05, 0) is 32.4 Å². The van der Waals surface area contributed by atoms with E-state index in [9.17, 15) is 4.79 Å². The molecule has 19 heavy (non-hydrogen) atoms. The summed E-state index contributed by atoms with van der Waals surface area (Å²) in [6, 6.07) is 2.04. The SMILES string of the molecule is Cc1ccnc2c1nc(N)n2CCC(=O)NC(C)C. The van der Waals surface area contributed by atoms with Crippen LogP contribution in [0.15, 0.2) is 12.3 Å². The minimum Gasteiger partial charge on any atom is -0.369 e. The van der Waals surface area contributed by atoms with Crippen LogP contribution in [0.3, 0.4) is 0 Å². The van der Waals surface area contributed by atoms with Gasteiger partial charge in [-0.25, -0.2) is 9.97 Å². The molecule has 2 aromatic rings. The largest absolute Gasteiger partial charge is 0.369 e. The summed E-state index contributed by atoms with van der Waals surface area (Å²) in [5.74, 6) is 0.401. The standard InChI is InChI=1S/C13H19N5O/c1-8(2)16-10(19)5-7-18-12-11(17-13(18)14)9(3)4-6-15-12/h4,6,8H,5,7H2,1-3H3,(H2,14,17)(H,16,19). The molecule has 0 aliphatic heterocycles. The van der Waals surface area contributed by atoms with E-state index in [2.05, 4.69) is 15.3 Å². The molecule has 0 atom stereocenters. The van der Waals surface area contributed by atoms with Gasteiger partial charge in [0.05, 0.1) is 0 Å². The highest BCUT2D eigenvalue weighted by atomic mass is 16.1. The van der Waals surface area contributed by atoms with E-state index in [1.54, 1.807) is 10.8 Å². The molecular weight excluding hydrogens is 242 g/mol. The fourth-order valence-corrected chi connectivity index (χ4v) is 1.98. The zero-order chi connectivity index (χ0) is 14.0. The third kappa shape index (κ3) is 2.83. The van der Waals surface area contributed by atoms with Crippen molar-refractivity contribution in [3.63, 3.8) is 0 Å². The molecule has 2 aromatic heterocycles. The summed E-state index contributed by atoms with van der Waals surface area (Å²) in [6.45, 7) is 6.32. The Labute approximate surface area is 112 Å². The zero-order valence-electron chi connectivity index (χ0n) is 11.5. The number of anilines is 1. The topological polar surface area (TPSA) is 85.8 Å². The molecule has 0 radical (unpaired) electrons. The maximum absolute atomic E-state index is 11.7. The van der Waals surface area contributed by atoms with Crippen LogP contribution in [0.1, 0.15) is 25.8 Å². The number of carbonyl (C=O) groups is 1. The number of nitrogens with zero attached hydrogens (tertiary/aromatic N) is 3. The number of amides is 1. The second-order valence-corrected chi connectivity index (χ2v) is 4.89. The number of carbonyl (C=O) groups excluding carboxylic acids is 1. The van der Waals surface area contributed by atoms with Gasteiger partial charge in [0.25, 0.3) is 0 Å². The molecule has 2 heterocycles. The van der Waals surface area contributed by atoms with Crippen LogP contribution in [-0.2, 0) is 11.3 Å². The van der Waals surface area contributed by atoms with Gasteiger partial charge < -0.3 is 11.1 Å². The zero-order valence-corrected chi connectivity index (χ0v) is 11.5. The first kappa shape index (κ1) is 13.3. The van der Waals surface area contributed by atoms with Crippen molar-refractivity contribution < 1.29 is 4.79 Å². The van der Waals surface area contributed by atoms with Crippen molar-refractivity contribution >= 4 is 23.0 Å². The van der Waals surface area contributed by atoms with Gasteiger partial charge in [0, 0.05) is 25.2 Å². The minimum atomic E-state index is 0.00361. The first-order chi connectivity index (χ1) is 8.99. The van der Waals surface area contributed by atoms with Crippen molar-refractivity contribution in [3.8, 4) is 0 Å². The van der Waals surface area contributed by atoms with E-state index in [4.69, 9.17) is 5.73 Å². The number of imidazole rings is 1. The lowest BCUT2D eigenvalue weighted by molar-refractivity contribution is -0.121. The van der Waals surface area contributed by atoms with Gasteiger partial charge in [-0.2, -0.15) is 0 Å². The quantitative estimate of drug-likeness (QED) is 0.867. The minimum absolute atomic E-state index is 0.00361. The molecule has 0 aliphatic rings. The third-order valence-electron chi connectivity index (χ3n) is 2.88. The number of aromatic nitrogens is 3. The Morgan fingerprint density at radius 2 is 2.26 bits per heavy atom. The maximum atomic E-state index is 11.7. The molecule has 0 unspecified atom stereocenters. The normalized spacial score (nSPS) is 11.2. The number of hydrogen-bond donors (Lipinski definition) is 2. The molecule has 102 valence electrons. The average molecular weight is 261 g/mol. The Morgan fingerprint density at radius 3 is 2.95 bits per heavy atom. The van der Waals surface area contributed by atoms with Crippen molar-refractivity contribution in [2.75, 3.05) is 5.73 Å². The van der Waals surface area contributed by atoms with Gasteiger partial charge in [0.1, 0.15) is 5.52 Å². The number of aryl methyl sites for hydroxylation is 2. The van der Waals surface area contributed by atoms with E-state index in [1.165, 1.54) is 0 Å². The van der Waals surface area contributed by atoms with E-state index >= 15 is 0 Å². The second-order valence-electron chi connectivity index (χ2n) is 4.89. The van der Waals surface area contributed by atoms with Crippen molar-refractivity contribution in [3.05, 3.63) is 17.8 Å². The molecule has 6 nitrogen and oxygen atoms in total. The fraction of sp³-hybridized carbons (Fsp3) is 0.462. The number of fused-ring (bicyclic) bond motifs is 1. The number of pyridine rings is 1. The second kappa shape index (κ2) is 5.26. The maximum Gasteiger partial charge on any atom is 0.221 e. The molecule has 0 aliphatic carbocycles. The Kier molecular flexibility index (Phi) is 3.69. The molecule has 0 saturated carbocycles. The van der Waals surface area contributed by atoms with Crippen LogP contribution in [0.5, 0.6) is 0 Å². The Balaban J connectivity index is 2.19. The smallest absolute Gasteiger partial charge is 0.221 e. The van der Waals surface area contributed by atoms with Gasteiger partial charge in [0.15, 0.2) is 5.65 Å². The number of rotatable bonds is 4. The van der Waals surface area contributed by atoms with Crippen molar-refractivity contribution in [2.45, 2.75) is 39.8 Å². The number of nitrogens with two attached hydrogens (primary N) is 1. The molecule has 0 aromatic carbocycles. The lowest BCUT2D eigenvalue weighted by atomic mass is 10.3. The number of nitrogens with one attached hydrogen (secondary N) is 1. The highest BCUT2D eigenvalue weighted by Gasteiger charge is 2.12.